The summed E-state index contributed by atoms with van der Waals surface area (Å²) in [6, 6.07) is 15.3. The molecule has 1 N–H and O–H groups in total. The van der Waals surface area contributed by atoms with Crippen LogP contribution >= 0.6 is 0 Å². The lowest BCUT2D eigenvalue weighted by molar-refractivity contribution is -0.129. The van der Waals surface area contributed by atoms with Crippen molar-refractivity contribution in [3.63, 3.8) is 0 Å². The van der Waals surface area contributed by atoms with Gasteiger partial charge in [0.15, 0.2) is 0 Å². The van der Waals surface area contributed by atoms with Crippen LogP contribution in [-0.2, 0) is 16.8 Å². The average molecular weight is 378 g/mol. The molecule has 4 heteroatoms. The predicted octanol–water partition coefficient (Wildman–Crippen LogP) is 4.06. The number of rotatable bonds is 8. The zero-order valence-corrected chi connectivity index (χ0v) is 16.6. The van der Waals surface area contributed by atoms with Crippen LogP contribution in [0, 0.1) is 0 Å². The van der Waals surface area contributed by atoms with E-state index in [1.807, 2.05) is 12.3 Å². The Balaban J connectivity index is 1.37. The van der Waals surface area contributed by atoms with Crippen molar-refractivity contribution in [1.29, 1.82) is 0 Å². The van der Waals surface area contributed by atoms with Crippen molar-refractivity contribution in [2.75, 3.05) is 13.1 Å². The summed E-state index contributed by atoms with van der Waals surface area (Å²) in [5, 5.41) is 3.52. The van der Waals surface area contributed by atoms with E-state index in [4.69, 9.17) is 0 Å². The van der Waals surface area contributed by atoms with Gasteiger partial charge in [0.25, 0.3) is 0 Å². The summed E-state index contributed by atoms with van der Waals surface area (Å²) in [7, 11) is 0. The van der Waals surface area contributed by atoms with Crippen molar-refractivity contribution < 1.29 is 4.79 Å². The molecule has 0 bridgehead atoms. The third kappa shape index (κ3) is 4.27. The van der Waals surface area contributed by atoms with Gasteiger partial charge >= 0.3 is 0 Å². The Hall–Kier alpha value is -2.20. The molecule has 1 aromatic heterocycles. The predicted molar refractivity (Wildman–Crippen MR) is 112 cm³/mol. The van der Waals surface area contributed by atoms with Gasteiger partial charge in [-0.2, -0.15) is 0 Å². The molecular weight excluding hydrogens is 346 g/mol. The van der Waals surface area contributed by atoms with Crippen LogP contribution in [0.25, 0.3) is 0 Å². The largest absolute Gasteiger partial charge is 0.339 e. The van der Waals surface area contributed by atoms with E-state index < -0.39 is 0 Å². The van der Waals surface area contributed by atoms with Crippen LogP contribution < -0.4 is 5.32 Å². The number of likely N-dealkylation sites (tertiary alicyclic amines) is 1. The molecule has 1 amide bonds. The summed E-state index contributed by atoms with van der Waals surface area (Å²) in [4.78, 5) is 19.1. The third-order valence-electron chi connectivity index (χ3n) is 6.58. The van der Waals surface area contributed by atoms with Gasteiger partial charge in [-0.05, 0) is 49.4 Å². The van der Waals surface area contributed by atoms with Gasteiger partial charge in [-0.15, -0.1) is 0 Å². The first-order chi connectivity index (χ1) is 13.8. The number of aromatic nitrogens is 1. The maximum absolute atomic E-state index is 12.7. The molecule has 1 aliphatic heterocycles. The summed E-state index contributed by atoms with van der Waals surface area (Å²) >= 11 is 0. The summed E-state index contributed by atoms with van der Waals surface area (Å²) in [6.45, 7) is 2.66. The fourth-order valence-electron chi connectivity index (χ4n) is 5.02. The number of hydrogen-bond donors (Lipinski definition) is 1. The summed E-state index contributed by atoms with van der Waals surface area (Å²) in [6.07, 6.45) is 11.4. The molecule has 4 rings (SSSR count). The quantitative estimate of drug-likeness (QED) is 0.706. The topological polar surface area (TPSA) is 45.2 Å². The normalized spacial score (nSPS) is 21.4. The Kier molecular flexibility index (Phi) is 6.06. The van der Waals surface area contributed by atoms with E-state index in [1.165, 1.54) is 36.8 Å². The second kappa shape index (κ2) is 8.87. The molecule has 1 saturated carbocycles. The van der Waals surface area contributed by atoms with E-state index in [2.05, 4.69) is 51.6 Å². The molecule has 1 saturated heterocycles. The molecule has 1 aromatic carbocycles. The first kappa shape index (κ1) is 19.1. The molecule has 2 heterocycles. The van der Waals surface area contributed by atoms with Crippen molar-refractivity contribution in [2.24, 2.45) is 0 Å². The highest BCUT2D eigenvalue weighted by molar-refractivity contribution is 5.79. The first-order valence-corrected chi connectivity index (χ1v) is 10.7. The lowest BCUT2D eigenvalue weighted by atomic mass is 9.78. The van der Waals surface area contributed by atoms with E-state index >= 15 is 0 Å². The number of nitrogens with one attached hydrogen (secondary N) is 1. The first-order valence-electron chi connectivity index (χ1n) is 10.7. The number of carbonyl (C=O) groups excluding carboxylic acids is 1. The summed E-state index contributed by atoms with van der Waals surface area (Å²) in [5.41, 5.74) is 2.78. The monoisotopic (exact) mass is 377 g/mol. The zero-order valence-electron chi connectivity index (χ0n) is 16.6. The summed E-state index contributed by atoms with van der Waals surface area (Å²) < 4.78 is 0. The fourth-order valence-corrected chi connectivity index (χ4v) is 5.02. The lowest BCUT2D eigenvalue weighted by Gasteiger charge is -2.37. The number of benzene rings is 1. The molecule has 28 heavy (non-hydrogen) atoms. The number of nitrogens with zero attached hydrogens (tertiary/aromatic N) is 2. The molecule has 1 unspecified atom stereocenters. The second-order valence-corrected chi connectivity index (χ2v) is 8.39. The molecule has 2 fully saturated rings. The van der Waals surface area contributed by atoms with Gasteiger partial charge in [0.1, 0.15) is 0 Å². The number of amides is 1. The van der Waals surface area contributed by atoms with Gasteiger partial charge in [0.2, 0.25) is 5.91 Å². The van der Waals surface area contributed by atoms with Gasteiger partial charge in [-0.1, -0.05) is 49.2 Å². The molecule has 0 radical (unpaired) electrons. The Labute approximate surface area is 168 Å². The van der Waals surface area contributed by atoms with Crippen molar-refractivity contribution in [2.45, 2.75) is 62.9 Å². The van der Waals surface area contributed by atoms with E-state index in [0.717, 1.165) is 32.5 Å². The lowest BCUT2D eigenvalue weighted by Crippen LogP contribution is -2.44. The minimum atomic E-state index is 0.155. The molecule has 1 aliphatic carbocycles. The number of carbonyl (C=O) groups is 1. The third-order valence-corrected chi connectivity index (χ3v) is 6.58. The number of pyridine rings is 1. The van der Waals surface area contributed by atoms with Crippen LogP contribution in [0.2, 0.25) is 0 Å². The van der Waals surface area contributed by atoms with Crippen LogP contribution in [0.3, 0.4) is 0 Å². The van der Waals surface area contributed by atoms with Crippen molar-refractivity contribution >= 4 is 5.91 Å². The van der Waals surface area contributed by atoms with Crippen molar-refractivity contribution in [3.05, 3.63) is 66.0 Å². The van der Waals surface area contributed by atoms with Crippen molar-refractivity contribution in [3.8, 4) is 0 Å². The molecular formula is C24H31N3O. The Morgan fingerprint density at radius 1 is 1.11 bits per heavy atom. The molecule has 1 atom stereocenters. The van der Waals surface area contributed by atoms with Crippen LogP contribution in [0.1, 0.15) is 56.1 Å². The molecule has 2 aliphatic rings. The molecule has 2 aromatic rings. The Morgan fingerprint density at radius 2 is 1.93 bits per heavy atom. The smallest absolute Gasteiger partial charge is 0.222 e. The van der Waals surface area contributed by atoms with E-state index in [9.17, 15) is 4.79 Å². The minimum absolute atomic E-state index is 0.155. The van der Waals surface area contributed by atoms with Gasteiger partial charge in [0, 0.05) is 43.4 Å². The second-order valence-electron chi connectivity index (χ2n) is 8.39. The minimum Gasteiger partial charge on any atom is -0.339 e. The van der Waals surface area contributed by atoms with Crippen LogP contribution in [0.5, 0.6) is 0 Å². The van der Waals surface area contributed by atoms with Gasteiger partial charge in [-0.25, -0.2) is 0 Å². The summed E-state index contributed by atoms with van der Waals surface area (Å²) in [5.74, 6) is 0.347. The Morgan fingerprint density at radius 3 is 2.68 bits per heavy atom. The van der Waals surface area contributed by atoms with Crippen molar-refractivity contribution in [1.82, 2.24) is 15.2 Å². The van der Waals surface area contributed by atoms with Gasteiger partial charge < -0.3 is 10.2 Å². The highest BCUT2D eigenvalue weighted by atomic mass is 16.2. The van der Waals surface area contributed by atoms with E-state index in [1.54, 1.807) is 6.20 Å². The fraction of sp³-hybridized carbons (Fsp3) is 0.500. The number of hydrogen-bond acceptors (Lipinski definition) is 3. The zero-order chi connectivity index (χ0) is 19.2. The Bertz CT molecular complexity index is 756. The molecule has 4 nitrogen and oxygen atoms in total. The van der Waals surface area contributed by atoms with Crippen LogP contribution in [0.4, 0.5) is 0 Å². The van der Waals surface area contributed by atoms with E-state index in [-0.39, 0.29) is 5.41 Å². The van der Waals surface area contributed by atoms with Gasteiger partial charge in [0.05, 0.1) is 0 Å². The maximum atomic E-state index is 12.7. The van der Waals surface area contributed by atoms with Crippen LogP contribution in [-0.4, -0.2) is 34.9 Å². The highest BCUT2D eigenvalue weighted by Gasteiger charge is 2.41. The van der Waals surface area contributed by atoms with Crippen LogP contribution in [0.15, 0.2) is 54.9 Å². The SMILES string of the molecule is O=C1CCC(CCNCc2cccnc2)N1CC1(c2ccccc2)CCCC1. The maximum Gasteiger partial charge on any atom is 0.222 e. The van der Waals surface area contributed by atoms with E-state index in [0.29, 0.717) is 18.4 Å². The molecule has 0 spiro atoms. The average Bonchev–Trinajstić information content (AvgIpc) is 3.36. The standard InChI is InChI=1S/C24H31N3O/c28-23-11-10-22(12-16-26-18-20-7-6-15-25-17-20)27(23)19-24(13-4-5-14-24)21-8-2-1-3-9-21/h1-3,6-9,15,17,22,26H,4-5,10-14,16,18-19H2. The highest BCUT2D eigenvalue weighted by Crippen LogP contribution is 2.43. The molecule has 148 valence electrons. The van der Waals surface area contributed by atoms with Gasteiger partial charge in [-0.3, -0.25) is 9.78 Å².